The van der Waals surface area contributed by atoms with Gasteiger partial charge in [-0.05, 0) is 37.0 Å². The maximum absolute atomic E-state index is 13.0. The van der Waals surface area contributed by atoms with Gasteiger partial charge in [0.15, 0.2) is 0 Å². The van der Waals surface area contributed by atoms with Crippen LogP contribution in [0, 0.1) is 5.82 Å². The normalized spacial score (nSPS) is 17.0. The van der Waals surface area contributed by atoms with E-state index in [4.69, 9.17) is 0 Å². The Morgan fingerprint density at radius 2 is 1.95 bits per heavy atom. The second-order valence-electron chi connectivity index (χ2n) is 5.60. The summed E-state index contributed by atoms with van der Waals surface area (Å²) in [6.45, 7) is 1.97. The summed E-state index contributed by atoms with van der Waals surface area (Å²) in [7, 11) is 0. The molecule has 0 aliphatic heterocycles. The molecule has 1 aromatic rings. The molecule has 0 radical (unpaired) electrons. The van der Waals surface area contributed by atoms with Gasteiger partial charge < -0.3 is 10.4 Å². The fourth-order valence-electron chi connectivity index (χ4n) is 2.50. The summed E-state index contributed by atoms with van der Waals surface area (Å²) < 4.78 is 13.0. The van der Waals surface area contributed by atoms with Gasteiger partial charge in [0.25, 0.3) is 0 Å². The Hall–Kier alpha value is -1.91. The summed E-state index contributed by atoms with van der Waals surface area (Å²) in [5, 5.41) is 11.8. The van der Waals surface area contributed by atoms with Gasteiger partial charge in [-0.1, -0.05) is 31.9 Å². The van der Waals surface area contributed by atoms with Gasteiger partial charge in [0.1, 0.15) is 11.9 Å². The van der Waals surface area contributed by atoms with Crippen LogP contribution in [-0.2, 0) is 15.0 Å². The molecule has 1 aliphatic rings. The molecule has 4 nitrogen and oxygen atoms in total. The Morgan fingerprint density at radius 3 is 2.43 bits per heavy atom. The van der Waals surface area contributed by atoms with Gasteiger partial charge in [-0.15, -0.1) is 0 Å². The summed E-state index contributed by atoms with van der Waals surface area (Å²) in [5.41, 5.74) is 0.0780. The third-order valence-corrected chi connectivity index (χ3v) is 4.03. The van der Waals surface area contributed by atoms with Gasteiger partial charge in [-0.2, -0.15) is 0 Å². The molecule has 1 atom stereocenters. The van der Waals surface area contributed by atoms with E-state index in [-0.39, 0.29) is 11.7 Å². The van der Waals surface area contributed by atoms with Gasteiger partial charge in [-0.25, -0.2) is 9.18 Å². The van der Waals surface area contributed by atoms with E-state index in [1.807, 2.05) is 6.92 Å². The van der Waals surface area contributed by atoms with E-state index in [0.717, 1.165) is 18.4 Å². The van der Waals surface area contributed by atoms with Crippen LogP contribution in [0.5, 0.6) is 0 Å². The SMILES string of the molecule is CCCC[C@H](NC(=O)C1(c2ccc(F)cc2)CC1)C(=O)O. The largest absolute Gasteiger partial charge is 0.480 e. The summed E-state index contributed by atoms with van der Waals surface area (Å²) in [6, 6.07) is 5.01. The number of amides is 1. The standard InChI is InChI=1S/C16H20FNO3/c1-2-3-4-13(14(19)20)18-15(21)16(9-10-16)11-5-7-12(17)8-6-11/h5-8,13H,2-4,9-10H2,1H3,(H,18,21)(H,19,20)/t13-/m0/s1. The first-order chi connectivity index (χ1) is 9.99. The van der Waals surface area contributed by atoms with E-state index in [2.05, 4.69) is 5.32 Å². The molecular weight excluding hydrogens is 273 g/mol. The van der Waals surface area contributed by atoms with Crippen molar-refractivity contribution in [3.05, 3.63) is 35.6 Å². The second kappa shape index (κ2) is 6.24. The van der Waals surface area contributed by atoms with Crippen LogP contribution in [0.1, 0.15) is 44.6 Å². The first-order valence-electron chi connectivity index (χ1n) is 7.29. The molecule has 21 heavy (non-hydrogen) atoms. The number of aliphatic carboxylic acids is 1. The maximum atomic E-state index is 13.0. The third-order valence-electron chi connectivity index (χ3n) is 4.03. The molecule has 0 bridgehead atoms. The molecule has 5 heteroatoms. The van der Waals surface area contributed by atoms with Crippen molar-refractivity contribution in [3.8, 4) is 0 Å². The Kier molecular flexibility index (Phi) is 4.60. The van der Waals surface area contributed by atoms with Crippen LogP contribution >= 0.6 is 0 Å². The minimum Gasteiger partial charge on any atom is -0.480 e. The first-order valence-corrected chi connectivity index (χ1v) is 7.29. The van der Waals surface area contributed by atoms with Crippen LogP contribution in [0.25, 0.3) is 0 Å². The summed E-state index contributed by atoms with van der Waals surface area (Å²) >= 11 is 0. The predicted molar refractivity (Wildman–Crippen MR) is 76.4 cm³/mol. The molecular formula is C16H20FNO3. The van der Waals surface area contributed by atoms with E-state index in [1.165, 1.54) is 12.1 Å². The average molecular weight is 293 g/mol. The zero-order chi connectivity index (χ0) is 15.5. The fourth-order valence-corrected chi connectivity index (χ4v) is 2.50. The third kappa shape index (κ3) is 3.40. The molecule has 1 saturated carbocycles. The van der Waals surface area contributed by atoms with Gasteiger partial charge in [0.2, 0.25) is 5.91 Å². The number of rotatable bonds is 7. The Morgan fingerprint density at radius 1 is 1.33 bits per heavy atom. The highest BCUT2D eigenvalue weighted by Gasteiger charge is 2.51. The molecule has 0 aromatic heterocycles. The molecule has 1 aromatic carbocycles. The van der Waals surface area contributed by atoms with Gasteiger partial charge in [0, 0.05) is 0 Å². The first kappa shape index (κ1) is 15.5. The highest BCUT2D eigenvalue weighted by Crippen LogP contribution is 2.48. The predicted octanol–water partition coefficient (Wildman–Crippen LogP) is 2.62. The maximum Gasteiger partial charge on any atom is 0.326 e. The lowest BCUT2D eigenvalue weighted by Gasteiger charge is -2.20. The number of carboxylic acids is 1. The Balaban J connectivity index is 2.08. The number of halogens is 1. The molecule has 0 saturated heterocycles. The molecule has 0 unspecified atom stereocenters. The zero-order valence-electron chi connectivity index (χ0n) is 12.1. The number of carboxylic acid groups (broad SMARTS) is 1. The monoisotopic (exact) mass is 293 g/mol. The van der Waals surface area contributed by atoms with Gasteiger partial charge in [0.05, 0.1) is 5.41 Å². The smallest absolute Gasteiger partial charge is 0.326 e. The molecule has 0 spiro atoms. The average Bonchev–Trinajstić information content (AvgIpc) is 3.25. The van der Waals surface area contributed by atoms with Crippen LogP contribution in [0.15, 0.2) is 24.3 Å². The Bertz CT molecular complexity index is 523. The molecule has 2 N–H and O–H groups in total. The Labute approximate surface area is 123 Å². The quantitative estimate of drug-likeness (QED) is 0.812. The molecule has 1 amide bonds. The number of hydrogen-bond donors (Lipinski definition) is 2. The van der Waals surface area contributed by atoms with Crippen molar-refractivity contribution in [2.24, 2.45) is 0 Å². The molecule has 2 rings (SSSR count). The van der Waals surface area contributed by atoms with Crippen LogP contribution in [0.4, 0.5) is 4.39 Å². The van der Waals surface area contributed by atoms with E-state index in [9.17, 15) is 19.1 Å². The highest BCUT2D eigenvalue weighted by molar-refractivity contribution is 5.93. The minimum absolute atomic E-state index is 0.266. The second-order valence-corrected chi connectivity index (χ2v) is 5.60. The van der Waals surface area contributed by atoms with E-state index in [0.29, 0.717) is 19.3 Å². The van der Waals surface area contributed by atoms with Crippen LogP contribution < -0.4 is 5.32 Å². The molecule has 0 heterocycles. The van der Waals surface area contributed by atoms with E-state index < -0.39 is 17.4 Å². The van der Waals surface area contributed by atoms with Crippen molar-refractivity contribution < 1.29 is 19.1 Å². The number of unbranched alkanes of at least 4 members (excludes halogenated alkanes) is 1. The van der Waals surface area contributed by atoms with Crippen LogP contribution in [0.3, 0.4) is 0 Å². The molecule has 114 valence electrons. The summed E-state index contributed by atoms with van der Waals surface area (Å²) in [5.74, 6) is -1.62. The number of nitrogens with one attached hydrogen (secondary N) is 1. The van der Waals surface area contributed by atoms with Crippen molar-refractivity contribution in [1.82, 2.24) is 5.32 Å². The number of carbonyl (C=O) groups excluding carboxylic acids is 1. The lowest BCUT2D eigenvalue weighted by Crippen LogP contribution is -2.45. The highest BCUT2D eigenvalue weighted by atomic mass is 19.1. The van der Waals surface area contributed by atoms with Crippen molar-refractivity contribution in [1.29, 1.82) is 0 Å². The van der Waals surface area contributed by atoms with Crippen molar-refractivity contribution in [2.45, 2.75) is 50.5 Å². The number of benzene rings is 1. The summed E-state index contributed by atoms with van der Waals surface area (Å²) in [6.07, 6.45) is 3.40. The zero-order valence-corrected chi connectivity index (χ0v) is 12.1. The molecule has 1 fully saturated rings. The van der Waals surface area contributed by atoms with Crippen molar-refractivity contribution >= 4 is 11.9 Å². The van der Waals surface area contributed by atoms with Crippen LogP contribution in [0.2, 0.25) is 0 Å². The minimum atomic E-state index is -1.01. The lowest BCUT2D eigenvalue weighted by atomic mass is 9.94. The van der Waals surface area contributed by atoms with E-state index in [1.54, 1.807) is 12.1 Å². The van der Waals surface area contributed by atoms with Crippen molar-refractivity contribution in [3.63, 3.8) is 0 Å². The van der Waals surface area contributed by atoms with Gasteiger partial charge >= 0.3 is 5.97 Å². The van der Waals surface area contributed by atoms with E-state index >= 15 is 0 Å². The van der Waals surface area contributed by atoms with Gasteiger partial charge in [-0.3, -0.25) is 4.79 Å². The topological polar surface area (TPSA) is 66.4 Å². The number of carbonyl (C=O) groups is 2. The van der Waals surface area contributed by atoms with Crippen LogP contribution in [-0.4, -0.2) is 23.0 Å². The molecule has 1 aliphatic carbocycles. The number of hydrogen-bond acceptors (Lipinski definition) is 2. The summed E-state index contributed by atoms with van der Waals surface area (Å²) in [4.78, 5) is 23.6. The van der Waals surface area contributed by atoms with Crippen molar-refractivity contribution in [2.75, 3.05) is 0 Å². The lowest BCUT2D eigenvalue weighted by molar-refractivity contribution is -0.142. The fraction of sp³-hybridized carbons (Fsp3) is 0.500.